The van der Waals surface area contributed by atoms with Crippen molar-refractivity contribution in [2.75, 3.05) is 6.54 Å². The third kappa shape index (κ3) is 4.31. The van der Waals surface area contributed by atoms with Gasteiger partial charge in [0.15, 0.2) is 0 Å². The van der Waals surface area contributed by atoms with Crippen LogP contribution in [0.25, 0.3) is 0 Å². The van der Waals surface area contributed by atoms with E-state index in [0.717, 1.165) is 24.4 Å². The molecule has 1 fully saturated rings. The van der Waals surface area contributed by atoms with Crippen molar-refractivity contribution in [3.8, 4) is 0 Å². The molecule has 0 radical (unpaired) electrons. The molecule has 2 heteroatoms. The normalized spacial score (nSPS) is 25.6. The smallest absolute Gasteiger partial charge is 0.123 e. The highest BCUT2D eigenvalue weighted by Gasteiger charge is 2.31. The minimum Gasteiger partial charge on any atom is -0.314 e. The van der Waals surface area contributed by atoms with Gasteiger partial charge in [-0.2, -0.15) is 0 Å². The van der Waals surface area contributed by atoms with Crippen molar-refractivity contribution < 1.29 is 4.39 Å². The number of hydrogen-bond donors (Lipinski definition) is 1. The summed E-state index contributed by atoms with van der Waals surface area (Å²) in [7, 11) is 0. The molecular formula is C18H28FN. The van der Waals surface area contributed by atoms with Crippen LogP contribution in [0.3, 0.4) is 0 Å². The van der Waals surface area contributed by atoms with Gasteiger partial charge in [-0.3, -0.25) is 0 Å². The molecule has 1 aromatic carbocycles. The molecule has 20 heavy (non-hydrogen) atoms. The molecule has 0 spiro atoms. The first-order valence-electron chi connectivity index (χ1n) is 7.84. The molecule has 1 aliphatic carbocycles. The fourth-order valence-electron chi connectivity index (χ4n) is 3.85. The zero-order chi connectivity index (χ0) is 14.8. The second-order valence-electron chi connectivity index (χ2n) is 7.39. The van der Waals surface area contributed by atoms with Gasteiger partial charge in [-0.15, -0.1) is 0 Å². The van der Waals surface area contributed by atoms with Crippen LogP contribution in [0.5, 0.6) is 0 Å². The van der Waals surface area contributed by atoms with Gasteiger partial charge in [-0.25, -0.2) is 4.39 Å². The Morgan fingerprint density at radius 3 is 2.70 bits per heavy atom. The minimum atomic E-state index is -0.137. The van der Waals surface area contributed by atoms with E-state index in [9.17, 15) is 4.39 Å². The van der Waals surface area contributed by atoms with Gasteiger partial charge in [0.25, 0.3) is 0 Å². The van der Waals surface area contributed by atoms with Crippen LogP contribution in [0.1, 0.15) is 51.2 Å². The summed E-state index contributed by atoms with van der Waals surface area (Å²) >= 11 is 0. The van der Waals surface area contributed by atoms with Crippen molar-refractivity contribution in [1.82, 2.24) is 5.32 Å². The summed E-state index contributed by atoms with van der Waals surface area (Å²) < 4.78 is 13.1. The number of nitrogens with one attached hydrogen (secondary N) is 1. The number of hydrogen-bond acceptors (Lipinski definition) is 1. The van der Waals surface area contributed by atoms with Gasteiger partial charge in [0.1, 0.15) is 5.82 Å². The lowest BCUT2D eigenvalue weighted by atomic mass is 9.70. The first-order chi connectivity index (χ1) is 9.35. The molecule has 0 heterocycles. The number of benzene rings is 1. The summed E-state index contributed by atoms with van der Waals surface area (Å²) in [4.78, 5) is 0. The summed E-state index contributed by atoms with van der Waals surface area (Å²) in [6.45, 7) is 10.1. The van der Waals surface area contributed by atoms with Gasteiger partial charge >= 0.3 is 0 Å². The first kappa shape index (κ1) is 15.5. The van der Waals surface area contributed by atoms with Crippen molar-refractivity contribution in [2.45, 2.75) is 59.4 Å². The van der Waals surface area contributed by atoms with E-state index in [0.29, 0.717) is 11.5 Å². The van der Waals surface area contributed by atoms with Crippen LogP contribution in [-0.4, -0.2) is 12.6 Å². The highest BCUT2D eigenvalue weighted by Crippen LogP contribution is 2.38. The van der Waals surface area contributed by atoms with Gasteiger partial charge in [0.05, 0.1) is 0 Å². The van der Waals surface area contributed by atoms with Crippen molar-refractivity contribution in [1.29, 1.82) is 0 Å². The standard InChI is InChI=1S/C18H28FN/c1-13-9-17(12-18(3,4)11-13)20-8-7-15-5-6-16(19)10-14(15)2/h5-6,10,13,17,20H,7-9,11-12H2,1-4H3. The van der Waals surface area contributed by atoms with E-state index in [4.69, 9.17) is 0 Å². The third-order valence-corrected chi connectivity index (χ3v) is 4.52. The average Bonchev–Trinajstić information content (AvgIpc) is 2.29. The Labute approximate surface area is 123 Å². The van der Waals surface area contributed by atoms with Crippen molar-refractivity contribution in [2.24, 2.45) is 11.3 Å². The van der Waals surface area contributed by atoms with E-state index in [1.807, 2.05) is 13.0 Å². The van der Waals surface area contributed by atoms with Crippen molar-refractivity contribution >= 4 is 0 Å². The molecule has 0 aromatic heterocycles. The Bertz CT molecular complexity index is 453. The summed E-state index contributed by atoms with van der Waals surface area (Å²) in [5.41, 5.74) is 2.77. The average molecular weight is 277 g/mol. The quantitative estimate of drug-likeness (QED) is 0.855. The van der Waals surface area contributed by atoms with Crippen molar-refractivity contribution in [3.63, 3.8) is 0 Å². The van der Waals surface area contributed by atoms with Crippen LogP contribution < -0.4 is 5.32 Å². The maximum atomic E-state index is 13.1. The third-order valence-electron chi connectivity index (χ3n) is 4.52. The van der Waals surface area contributed by atoms with Crippen LogP contribution in [0, 0.1) is 24.1 Å². The highest BCUT2D eigenvalue weighted by atomic mass is 19.1. The van der Waals surface area contributed by atoms with E-state index in [-0.39, 0.29) is 5.82 Å². The highest BCUT2D eigenvalue weighted by molar-refractivity contribution is 5.26. The molecular weight excluding hydrogens is 249 g/mol. The predicted molar refractivity (Wildman–Crippen MR) is 83.4 cm³/mol. The second-order valence-corrected chi connectivity index (χ2v) is 7.39. The Balaban J connectivity index is 1.83. The SMILES string of the molecule is Cc1cc(F)ccc1CCNC1CC(C)CC(C)(C)C1. The largest absolute Gasteiger partial charge is 0.314 e. The zero-order valence-corrected chi connectivity index (χ0v) is 13.3. The van der Waals surface area contributed by atoms with Crippen LogP contribution in [-0.2, 0) is 6.42 Å². The van der Waals surface area contributed by atoms with Crippen LogP contribution >= 0.6 is 0 Å². The summed E-state index contributed by atoms with van der Waals surface area (Å²) in [5.74, 6) is 0.672. The van der Waals surface area contributed by atoms with E-state index >= 15 is 0 Å². The lowest BCUT2D eigenvalue weighted by Crippen LogP contribution is -2.40. The summed E-state index contributed by atoms with van der Waals surface area (Å²) in [5, 5.41) is 3.70. The number of rotatable bonds is 4. The van der Waals surface area contributed by atoms with Gasteiger partial charge in [0.2, 0.25) is 0 Å². The van der Waals surface area contributed by atoms with Gasteiger partial charge in [0, 0.05) is 6.04 Å². The molecule has 1 saturated carbocycles. The molecule has 112 valence electrons. The summed E-state index contributed by atoms with van der Waals surface area (Å²) in [6, 6.07) is 5.74. The zero-order valence-electron chi connectivity index (χ0n) is 13.3. The molecule has 1 aliphatic rings. The molecule has 1 aromatic rings. The van der Waals surface area contributed by atoms with Crippen LogP contribution in [0.4, 0.5) is 4.39 Å². The minimum absolute atomic E-state index is 0.137. The van der Waals surface area contributed by atoms with Crippen molar-refractivity contribution in [3.05, 3.63) is 35.1 Å². The molecule has 0 saturated heterocycles. The Morgan fingerprint density at radius 1 is 1.30 bits per heavy atom. The Kier molecular flexibility index (Phi) is 4.85. The first-order valence-corrected chi connectivity index (χ1v) is 7.84. The Hall–Kier alpha value is -0.890. The fourth-order valence-corrected chi connectivity index (χ4v) is 3.85. The lowest BCUT2D eigenvalue weighted by Gasteiger charge is -2.39. The fraction of sp³-hybridized carbons (Fsp3) is 0.667. The molecule has 2 rings (SSSR count). The van der Waals surface area contributed by atoms with E-state index in [2.05, 4.69) is 26.1 Å². The van der Waals surface area contributed by atoms with E-state index in [1.54, 1.807) is 12.1 Å². The second kappa shape index (κ2) is 6.26. The maximum absolute atomic E-state index is 13.1. The number of aryl methyl sites for hydroxylation is 1. The summed E-state index contributed by atoms with van der Waals surface area (Å²) in [6.07, 6.45) is 4.87. The molecule has 2 unspecified atom stereocenters. The van der Waals surface area contributed by atoms with Crippen LogP contribution in [0.15, 0.2) is 18.2 Å². The number of halogens is 1. The lowest BCUT2D eigenvalue weighted by molar-refractivity contribution is 0.152. The van der Waals surface area contributed by atoms with Crippen LogP contribution in [0.2, 0.25) is 0 Å². The predicted octanol–water partition coefficient (Wildman–Crippen LogP) is 4.48. The van der Waals surface area contributed by atoms with Gasteiger partial charge in [-0.05, 0) is 73.7 Å². The molecule has 0 aliphatic heterocycles. The maximum Gasteiger partial charge on any atom is 0.123 e. The van der Waals surface area contributed by atoms with E-state index in [1.165, 1.54) is 24.8 Å². The molecule has 1 N–H and O–H groups in total. The molecule has 2 atom stereocenters. The van der Waals surface area contributed by atoms with Gasteiger partial charge < -0.3 is 5.32 Å². The Morgan fingerprint density at radius 2 is 2.05 bits per heavy atom. The molecule has 1 nitrogen and oxygen atoms in total. The monoisotopic (exact) mass is 277 g/mol. The topological polar surface area (TPSA) is 12.0 Å². The van der Waals surface area contributed by atoms with Gasteiger partial charge in [-0.1, -0.05) is 26.8 Å². The molecule has 0 amide bonds. The molecule has 0 bridgehead atoms. The van der Waals surface area contributed by atoms with E-state index < -0.39 is 0 Å².